The van der Waals surface area contributed by atoms with Crippen molar-refractivity contribution in [3.05, 3.63) is 82.9 Å². The lowest BCUT2D eigenvalue weighted by Crippen LogP contribution is -2.29. The molecule has 3 heterocycles. The summed E-state index contributed by atoms with van der Waals surface area (Å²) in [6, 6.07) is 17.2. The third-order valence-electron chi connectivity index (χ3n) is 5.59. The van der Waals surface area contributed by atoms with E-state index in [4.69, 9.17) is 12.2 Å². The van der Waals surface area contributed by atoms with Gasteiger partial charge in [-0.05, 0) is 81.4 Å². The molecule has 1 saturated heterocycles. The highest BCUT2D eigenvalue weighted by molar-refractivity contribution is 7.80. The van der Waals surface area contributed by atoms with Gasteiger partial charge in [0.1, 0.15) is 0 Å². The summed E-state index contributed by atoms with van der Waals surface area (Å²) in [7, 11) is 0. The van der Waals surface area contributed by atoms with Crippen LogP contribution in [0, 0.1) is 20.8 Å². The Bertz CT molecular complexity index is 1010. The lowest BCUT2D eigenvalue weighted by Gasteiger charge is -2.27. The van der Waals surface area contributed by atoms with E-state index in [-0.39, 0.29) is 12.1 Å². The van der Waals surface area contributed by atoms with E-state index in [1.54, 1.807) is 0 Å². The van der Waals surface area contributed by atoms with Crippen molar-refractivity contribution < 1.29 is 0 Å². The van der Waals surface area contributed by atoms with E-state index in [0.717, 1.165) is 17.4 Å². The average molecular weight is 391 g/mol. The second-order valence-corrected chi connectivity index (χ2v) is 7.80. The predicted octanol–water partition coefficient (Wildman–Crippen LogP) is 4.79. The number of thiocarbonyl (C=S) groups is 1. The Morgan fingerprint density at radius 3 is 2.57 bits per heavy atom. The molecule has 28 heavy (non-hydrogen) atoms. The molecule has 2 unspecified atom stereocenters. The number of aromatic nitrogens is 2. The number of hydrogen-bond donors (Lipinski definition) is 1. The van der Waals surface area contributed by atoms with Crippen molar-refractivity contribution in [2.24, 2.45) is 0 Å². The summed E-state index contributed by atoms with van der Waals surface area (Å²) in [4.78, 5) is 6.89. The number of nitrogens with one attached hydrogen (secondary N) is 1. The summed E-state index contributed by atoms with van der Waals surface area (Å²) in [5, 5.41) is 4.31. The highest BCUT2D eigenvalue weighted by Gasteiger charge is 2.40. The van der Waals surface area contributed by atoms with Gasteiger partial charge in [-0.1, -0.05) is 18.2 Å². The standard InChI is InChI=1S/C23H26N4S/c1-5-26-22(21(25-23(26)28)20-11-6-7-12-24-20)19-14-16(3)27(17(19)4)18-10-8-9-15(2)13-18/h6-14,21-22H,5H2,1-4H3,(H,25,28). The van der Waals surface area contributed by atoms with Crippen molar-refractivity contribution in [2.45, 2.75) is 39.8 Å². The van der Waals surface area contributed by atoms with E-state index in [1.807, 2.05) is 18.3 Å². The summed E-state index contributed by atoms with van der Waals surface area (Å²) in [6.45, 7) is 9.52. The van der Waals surface area contributed by atoms with Crippen LogP contribution in [0.4, 0.5) is 0 Å². The molecule has 4 rings (SSSR count). The van der Waals surface area contributed by atoms with Gasteiger partial charge in [0.15, 0.2) is 5.11 Å². The molecule has 144 valence electrons. The maximum absolute atomic E-state index is 5.67. The van der Waals surface area contributed by atoms with E-state index in [1.165, 1.54) is 28.2 Å². The molecule has 1 aliphatic heterocycles. The minimum atomic E-state index is 0.0418. The Labute approximate surface area is 172 Å². The van der Waals surface area contributed by atoms with Gasteiger partial charge in [0.25, 0.3) is 0 Å². The number of nitrogens with zero attached hydrogens (tertiary/aromatic N) is 3. The van der Waals surface area contributed by atoms with Crippen LogP contribution in [0.2, 0.25) is 0 Å². The van der Waals surface area contributed by atoms with Gasteiger partial charge in [0, 0.05) is 29.8 Å². The van der Waals surface area contributed by atoms with Crippen LogP contribution < -0.4 is 5.32 Å². The zero-order valence-corrected chi connectivity index (χ0v) is 17.6. The lowest BCUT2D eigenvalue weighted by molar-refractivity contribution is 0.329. The molecule has 1 aliphatic rings. The molecular weight excluding hydrogens is 364 g/mol. The van der Waals surface area contributed by atoms with Crippen molar-refractivity contribution >= 4 is 17.3 Å². The monoisotopic (exact) mass is 390 g/mol. The van der Waals surface area contributed by atoms with Crippen molar-refractivity contribution in [2.75, 3.05) is 6.54 Å². The fourth-order valence-electron chi connectivity index (χ4n) is 4.34. The highest BCUT2D eigenvalue weighted by atomic mass is 32.1. The largest absolute Gasteiger partial charge is 0.352 e. The number of pyridine rings is 1. The molecule has 1 N–H and O–H groups in total. The van der Waals surface area contributed by atoms with Crippen LogP contribution >= 0.6 is 12.2 Å². The average Bonchev–Trinajstić information content (AvgIpc) is 3.17. The zero-order chi connectivity index (χ0) is 19.8. The molecule has 0 aliphatic carbocycles. The second-order valence-electron chi connectivity index (χ2n) is 7.41. The fraction of sp³-hybridized carbons (Fsp3) is 0.304. The van der Waals surface area contributed by atoms with E-state index in [2.05, 4.69) is 83.9 Å². The Balaban J connectivity index is 1.84. The highest BCUT2D eigenvalue weighted by Crippen LogP contribution is 2.41. The van der Waals surface area contributed by atoms with Crippen molar-refractivity contribution in [3.63, 3.8) is 0 Å². The van der Waals surface area contributed by atoms with Crippen LogP contribution in [-0.2, 0) is 0 Å². The maximum atomic E-state index is 5.67. The smallest absolute Gasteiger partial charge is 0.170 e. The molecular formula is C23H26N4S. The molecule has 1 fully saturated rings. The first-order valence-electron chi connectivity index (χ1n) is 9.75. The Morgan fingerprint density at radius 1 is 1.07 bits per heavy atom. The molecule has 3 aromatic rings. The first kappa shape index (κ1) is 18.7. The van der Waals surface area contributed by atoms with Crippen molar-refractivity contribution in [1.82, 2.24) is 19.8 Å². The molecule has 0 amide bonds. The molecule has 4 nitrogen and oxygen atoms in total. The number of aryl methyl sites for hydroxylation is 2. The quantitative estimate of drug-likeness (QED) is 0.650. The van der Waals surface area contributed by atoms with Crippen LogP contribution in [0.15, 0.2) is 54.7 Å². The molecule has 1 aromatic carbocycles. The van der Waals surface area contributed by atoms with Gasteiger partial charge < -0.3 is 14.8 Å². The van der Waals surface area contributed by atoms with Crippen molar-refractivity contribution in [1.29, 1.82) is 0 Å². The Hall–Kier alpha value is -2.66. The van der Waals surface area contributed by atoms with E-state index >= 15 is 0 Å². The summed E-state index contributed by atoms with van der Waals surface area (Å²) in [5.41, 5.74) is 7.25. The van der Waals surface area contributed by atoms with Gasteiger partial charge in [-0.25, -0.2) is 0 Å². The summed E-state index contributed by atoms with van der Waals surface area (Å²) in [6.07, 6.45) is 1.85. The molecule has 0 bridgehead atoms. The summed E-state index contributed by atoms with van der Waals surface area (Å²) >= 11 is 5.67. The topological polar surface area (TPSA) is 33.1 Å². The normalized spacial score (nSPS) is 19.1. The predicted molar refractivity (Wildman–Crippen MR) is 118 cm³/mol. The third kappa shape index (κ3) is 3.10. The lowest BCUT2D eigenvalue weighted by atomic mass is 9.97. The number of likely N-dealkylation sites (N-methyl/N-ethyl adjacent to an activating group) is 1. The van der Waals surface area contributed by atoms with Gasteiger partial charge in [-0.2, -0.15) is 0 Å². The molecule has 0 radical (unpaired) electrons. The summed E-state index contributed by atoms with van der Waals surface area (Å²) < 4.78 is 2.34. The van der Waals surface area contributed by atoms with Crippen LogP contribution in [0.25, 0.3) is 5.69 Å². The van der Waals surface area contributed by atoms with E-state index in [9.17, 15) is 0 Å². The Kier molecular flexibility index (Phi) is 4.94. The first-order valence-corrected chi connectivity index (χ1v) is 10.2. The second kappa shape index (κ2) is 7.40. The van der Waals surface area contributed by atoms with Gasteiger partial charge in [0.05, 0.1) is 17.8 Å². The number of hydrogen-bond acceptors (Lipinski definition) is 2. The van der Waals surface area contributed by atoms with Crippen LogP contribution in [0.1, 0.15) is 47.2 Å². The third-order valence-corrected chi connectivity index (χ3v) is 5.94. The summed E-state index contributed by atoms with van der Waals surface area (Å²) in [5.74, 6) is 0. The van der Waals surface area contributed by atoms with Gasteiger partial charge in [-0.15, -0.1) is 0 Å². The molecule has 0 spiro atoms. The number of benzene rings is 1. The molecule has 2 atom stereocenters. The fourth-order valence-corrected chi connectivity index (χ4v) is 4.71. The van der Waals surface area contributed by atoms with E-state index in [0.29, 0.717) is 0 Å². The zero-order valence-electron chi connectivity index (χ0n) is 16.8. The molecule has 2 aromatic heterocycles. The van der Waals surface area contributed by atoms with Crippen molar-refractivity contribution in [3.8, 4) is 5.69 Å². The van der Waals surface area contributed by atoms with Gasteiger partial charge in [-0.3, -0.25) is 4.98 Å². The first-order chi connectivity index (χ1) is 13.5. The Morgan fingerprint density at radius 2 is 1.89 bits per heavy atom. The minimum Gasteiger partial charge on any atom is -0.352 e. The maximum Gasteiger partial charge on any atom is 0.170 e. The minimum absolute atomic E-state index is 0.0418. The van der Waals surface area contributed by atoms with Gasteiger partial charge >= 0.3 is 0 Å². The van der Waals surface area contributed by atoms with Gasteiger partial charge in [0.2, 0.25) is 0 Å². The van der Waals surface area contributed by atoms with E-state index < -0.39 is 0 Å². The number of rotatable bonds is 4. The van der Waals surface area contributed by atoms with Crippen LogP contribution in [-0.4, -0.2) is 26.1 Å². The SMILES string of the molecule is CCN1C(=S)NC(c2ccccn2)C1c1cc(C)n(-c2cccc(C)c2)c1C. The molecule has 0 saturated carbocycles. The van der Waals surface area contributed by atoms with Crippen LogP contribution in [0.3, 0.4) is 0 Å². The van der Waals surface area contributed by atoms with Crippen LogP contribution in [0.5, 0.6) is 0 Å². The molecule has 5 heteroatoms.